The van der Waals surface area contributed by atoms with Crippen molar-refractivity contribution in [3.63, 3.8) is 0 Å². The Labute approximate surface area is 104 Å². The van der Waals surface area contributed by atoms with Gasteiger partial charge in [0.1, 0.15) is 11.6 Å². The van der Waals surface area contributed by atoms with Gasteiger partial charge < -0.3 is 10.4 Å². The summed E-state index contributed by atoms with van der Waals surface area (Å²) in [6, 6.07) is 0. The van der Waals surface area contributed by atoms with Crippen LogP contribution in [0.2, 0.25) is 0 Å². The third-order valence-electron chi connectivity index (χ3n) is 2.58. The maximum absolute atomic E-state index is 11.2. The molecule has 1 aromatic heterocycles. The van der Waals surface area contributed by atoms with Crippen molar-refractivity contribution >= 4 is 15.8 Å². The smallest absolute Gasteiger partial charge is 0.354 e. The lowest BCUT2D eigenvalue weighted by atomic mass is 10.0. The molecule has 0 amide bonds. The van der Waals surface area contributed by atoms with E-state index in [4.69, 9.17) is 5.11 Å². The van der Waals surface area contributed by atoms with Crippen LogP contribution in [0.1, 0.15) is 27.6 Å². The van der Waals surface area contributed by atoms with Crippen LogP contribution in [0.15, 0.2) is 0 Å². The fourth-order valence-corrected chi connectivity index (χ4v) is 2.48. The normalized spacial score (nSPS) is 15.2. The van der Waals surface area contributed by atoms with E-state index in [9.17, 15) is 13.2 Å². The number of carboxylic acid groups (broad SMARTS) is 1. The van der Waals surface area contributed by atoms with Crippen LogP contribution in [-0.4, -0.2) is 42.3 Å². The largest absolute Gasteiger partial charge is 0.477 e. The van der Waals surface area contributed by atoms with E-state index in [2.05, 4.69) is 15.3 Å². The number of hydrogen-bond acceptors (Lipinski definition) is 6. The van der Waals surface area contributed by atoms with Gasteiger partial charge in [-0.2, -0.15) is 0 Å². The standard InChI is InChI=1S/C10H13N3O4S/c1-18(16,17)5-8-12-7-4-11-3-2-6(7)9(13-8)10(14)15/h11H,2-5H2,1H3,(H,14,15). The molecule has 0 saturated heterocycles. The van der Waals surface area contributed by atoms with Crippen molar-refractivity contribution in [3.8, 4) is 0 Å². The van der Waals surface area contributed by atoms with Crippen molar-refractivity contribution < 1.29 is 18.3 Å². The van der Waals surface area contributed by atoms with E-state index in [0.717, 1.165) is 6.26 Å². The fourth-order valence-electron chi connectivity index (χ4n) is 1.89. The molecule has 18 heavy (non-hydrogen) atoms. The molecule has 1 aliphatic heterocycles. The lowest BCUT2D eigenvalue weighted by molar-refractivity contribution is 0.0688. The van der Waals surface area contributed by atoms with Gasteiger partial charge in [-0.25, -0.2) is 23.2 Å². The molecule has 2 heterocycles. The van der Waals surface area contributed by atoms with Crippen molar-refractivity contribution in [1.29, 1.82) is 0 Å². The predicted molar refractivity (Wildman–Crippen MR) is 62.9 cm³/mol. The molecule has 0 saturated carbocycles. The molecule has 0 unspecified atom stereocenters. The Bertz CT molecular complexity index is 597. The second-order valence-corrected chi connectivity index (χ2v) is 6.36. The first-order valence-corrected chi connectivity index (χ1v) is 7.43. The number of nitrogens with zero attached hydrogens (tertiary/aromatic N) is 2. The zero-order chi connectivity index (χ0) is 13.3. The van der Waals surface area contributed by atoms with Crippen LogP contribution in [0.5, 0.6) is 0 Å². The van der Waals surface area contributed by atoms with Crippen molar-refractivity contribution in [1.82, 2.24) is 15.3 Å². The number of aromatic nitrogens is 2. The van der Waals surface area contributed by atoms with Crippen LogP contribution in [0.3, 0.4) is 0 Å². The Balaban J connectivity index is 2.51. The minimum atomic E-state index is -3.28. The first-order chi connectivity index (χ1) is 8.37. The molecular weight excluding hydrogens is 258 g/mol. The number of fused-ring (bicyclic) bond motifs is 1. The van der Waals surface area contributed by atoms with Gasteiger partial charge in [-0.05, 0) is 13.0 Å². The van der Waals surface area contributed by atoms with Gasteiger partial charge in [-0.3, -0.25) is 0 Å². The number of hydrogen-bond donors (Lipinski definition) is 2. The molecule has 0 spiro atoms. The van der Waals surface area contributed by atoms with Gasteiger partial charge in [-0.15, -0.1) is 0 Å². The highest BCUT2D eigenvalue weighted by atomic mass is 32.2. The van der Waals surface area contributed by atoms with Crippen LogP contribution >= 0.6 is 0 Å². The van der Waals surface area contributed by atoms with Crippen LogP contribution < -0.4 is 5.32 Å². The first kappa shape index (κ1) is 12.9. The second-order valence-electron chi connectivity index (χ2n) is 4.22. The summed E-state index contributed by atoms with van der Waals surface area (Å²) in [7, 11) is -3.28. The van der Waals surface area contributed by atoms with E-state index in [1.807, 2.05) is 0 Å². The van der Waals surface area contributed by atoms with Gasteiger partial charge in [-0.1, -0.05) is 0 Å². The predicted octanol–water partition coefficient (Wildman–Crippen LogP) is -0.635. The van der Waals surface area contributed by atoms with Gasteiger partial charge >= 0.3 is 5.97 Å². The number of sulfone groups is 1. The minimum Gasteiger partial charge on any atom is -0.477 e. The van der Waals surface area contributed by atoms with E-state index >= 15 is 0 Å². The first-order valence-electron chi connectivity index (χ1n) is 5.37. The molecule has 1 aromatic rings. The molecule has 0 radical (unpaired) electrons. The van der Waals surface area contributed by atoms with E-state index in [1.165, 1.54) is 0 Å². The highest BCUT2D eigenvalue weighted by molar-refractivity contribution is 7.89. The van der Waals surface area contributed by atoms with Gasteiger partial charge in [0.05, 0.1) is 5.69 Å². The zero-order valence-electron chi connectivity index (χ0n) is 9.80. The van der Waals surface area contributed by atoms with Crippen molar-refractivity contribution in [2.24, 2.45) is 0 Å². The molecule has 0 aliphatic carbocycles. The highest BCUT2D eigenvalue weighted by Gasteiger charge is 2.22. The van der Waals surface area contributed by atoms with E-state index in [0.29, 0.717) is 30.8 Å². The van der Waals surface area contributed by atoms with E-state index in [-0.39, 0.29) is 17.3 Å². The third kappa shape index (κ3) is 2.82. The van der Waals surface area contributed by atoms with Gasteiger partial charge in [0, 0.05) is 18.4 Å². The third-order valence-corrected chi connectivity index (χ3v) is 3.36. The maximum atomic E-state index is 11.2. The van der Waals surface area contributed by atoms with Crippen LogP contribution in [0.25, 0.3) is 0 Å². The molecule has 2 rings (SSSR count). The number of aromatic carboxylic acids is 1. The Kier molecular flexibility index (Phi) is 3.31. The maximum Gasteiger partial charge on any atom is 0.354 e. The van der Waals surface area contributed by atoms with Gasteiger partial charge in [0.25, 0.3) is 0 Å². The molecular formula is C10H13N3O4S. The summed E-state index contributed by atoms with van der Waals surface area (Å²) in [5.74, 6) is -1.46. The monoisotopic (exact) mass is 271 g/mol. The van der Waals surface area contributed by atoms with Crippen LogP contribution in [-0.2, 0) is 28.6 Å². The molecule has 1 aliphatic rings. The molecule has 98 valence electrons. The summed E-state index contributed by atoms with van der Waals surface area (Å²) in [5.41, 5.74) is 1.09. The van der Waals surface area contributed by atoms with Crippen LogP contribution in [0.4, 0.5) is 0 Å². The second kappa shape index (κ2) is 4.62. The van der Waals surface area contributed by atoms with Gasteiger partial charge in [0.2, 0.25) is 0 Å². The molecule has 0 fully saturated rings. The number of carboxylic acids is 1. The average Bonchev–Trinajstić information content (AvgIpc) is 2.25. The van der Waals surface area contributed by atoms with E-state index in [1.54, 1.807) is 0 Å². The highest BCUT2D eigenvalue weighted by Crippen LogP contribution is 2.16. The molecule has 0 atom stereocenters. The molecule has 2 N–H and O–H groups in total. The minimum absolute atomic E-state index is 0.0392. The fraction of sp³-hybridized carbons (Fsp3) is 0.500. The summed E-state index contributed by atoms with van der Waals surface area (Å²) in [5, 5.41) is 12.2. The van der Waals surface area contributed by atoms with Crippen LogP contribution in [0, 0.1) is 0 Å². The zero-order valence-corrected chi connectivity index (χ0v) is 10.6. The lowest BCUT2D eigenvalue weighted by Gasteiger charge is -2.18. The molecule has 8 heteroatoms. The number of rotatable bonds is 3. The van der Waals surface area contributed by atoms with Gasteiger partial charge in [0.15, 0.2) is 15.5 Å². The quantitative estimate of drug-likeness (QED) is 0.752. The van der Waals surface area contributed by atoms with Crippen molar-refractivity contribution in [3.05, 3.63) is 22.8 Å². The summed E-state index contributed by atoms with van der Waals surface area (Å²) < 4.78 is 22.4. The average molecular weight is 271 g/mol. The number of carbonyl (C=O) groups is 1. The molecule has 0 aromatic carbocycles. The Morgan fingerprint density at radius 2 is 2.17 bits per heavy atom. The molecule has 7 nitrogen and oxygen atoms in total. The van der Waals surface area contributed by atoms with E-state index < -0.39 is 15.8 Å². The Morgan fingerprint density at radius 3 is 2.78 bits per heavy atom. The Morgan fingerprint density at radius 1 is 1.44 bits per heavy atom. The SMILES string of the molecule is CS(=O)(=O)Cc1nc2c(c(C(=O)O)n1)CCNC2. The summed E-state index contributed by atoms with van der Waals surface area (Å²) >= 11 is 0. The van der Waals surface area contributed by atoms with Crippen molar-refractivity contribution in [2.45, 2.75) is 18.7 Å². The number of nitrogens with one attached hydrogen (secondary N) is 1. The summed E-state index contributed by atoms with van der Waals surface area (Å²) in [6.45, 7) is 1.11. The summed E-state index contributed by atoms with van der Waals surface area (Å²) in [6.07, 6.45) is 1.60. The molecule has 0 bridgehead atoms. The summed E-state index contributed by atoms with van der Waals surface area (Å²) in [4.78, 5) is 19.1. The van der Waals surface area contributed by atoms with Crippen molar-refractivity contribution in [2.75, 3.05) is 12.8 Å². The lowest BCUT2D eigenvalue weighted by Crippen LogP contribution is -2.28. The Hall–Kier alpha value is -1.54. The topological polar surface area (TPSA) is 109 Å².